The molecule has 2 aliphatic carbocycles. The van der Waals surface area contributed by atoms with E-state index < -0.39 is 0 Å². The average molecular weight is 397 g/mol. The van der Waals surface area contributed by atoms with Gasteiger partial charge in [-0.25, -0.2) is 0 Å². The lowest BCUT2D eigenvalue weighted by molar-refractivity contribution is -0.137. The van der Waals surface area contributed by atoms with Gasteiger partial charge in [0.25, 0.3) is 5.91 Å². The highest BCUT2D eigenvalue weighted by atomic mass is 16.2. The lowest BCUT2D eigenvalue weighted by Crippen LogP contribution is -2.49. The van der Waals surface area contributed by atoms with E-state index in [4.69, 9.17) is 0 Å². The van der Waals surface area contributed by atoms with Gasteiger partial charge >= 0.3 is 0 Å². The zero-order chi connectivity index (χ0) is 20.4. The van der Waals surface area contributed by atoms with Gasteiger partial charge in [0.2, 0.25) is 5.91 Å². The minimum atomic E-state index is -0.360. The van der Waals surface area contributed by atoms with Crippen molar-refractivity contribution in [3.63, 3.8) is 0 Å². The predicted octanol–water partition coefficient (Wildman–Crippen LogP) is 3.68. The van der Waals surface area contributed by atoms with Gasteiger partial charge in [0.05, 0.1) is 6.04 Å². The van der Waals surface area contributed by atoms with Gasteiger partial charge in [-0.15, -0.1) is 0 Å². The summed E-state index contributed by atoms with van der Waals surface area (Å²) in [6.07, 6.45) is 8.11. The van der Waals surface area contributed by atoms with Gasteiger partial charge in [0, 0.05) is 36.9 Å². The number of benzene rings is 1. The van der Waals surface area contributed by atoms with Crippen molar-refractivity contribution in [1.82, 2.24) is 10.2 Å². The largest absolute Gasteiger partial charge is 0.342 e. The number of likely N-dealkylation sites (tertiary alicyclic amines) is 1. The fraction of sp³-hybridized carbons (Fsp3) is 0.625. The van der Waals surface area contributed by atoms with E-state index in [0.29, 0.717) is 23.8 Å². The zero-order valence-corrected chi connectivity index (χ0v) is 17.4. The van der Waals surface area contributed by atoms with Crippen molar-refractivity contribution >= 4 is 17.6 Å². The first-order valence-corrected chi connectivity index (χ1v) is 11.3. The van der Waals surface area contributed by atoms with E-state index in [-0.39, 0.29) is 29.6 Å². The van der Waals surface area contributed by atoms with Gasteiger partial charge in [0.15, 0.2) is 5.78 Å². The second kappa shape index (κ2) is 8.68. The molecule has 2 amide bonds. The third kappa shape index (κ3) is 4.54. The Labute approximate surface area is 173 Å². The van der Waals surface area contributed by atoms with Gasteiger partial charge in [-0.05, 0) is 49.3 Å². The molecule has 1 aromatic rings. The molecule has 1 heterocycles. The molecule has 1 unspecified atom stereocenters. The Balaban J connectivity index is 1.34. The number of ketones is 1. The normalized spacial score (nSPS) is 21.3. The van der Waals surface area contributed by atoms with Crippen LogP contribution in [0.15, 0.2) is 24.3 Å². The Morgan fingerprint density at radius 1 is 1.00 bits per heavy atom. The highest BCUT2D eigenvalue weighted by molar-refractivity contribution is 5.98. The summed E-state index contributed by atoms with van der Waals surface area (Å²) in [5.41, 5.74) is 1.78. The number of hydrogen-bond acceptors (Lipinski definition) is 3. The maximum atomic E-state index is 12.8. The van der Waals surface area contributed by atoms with Gasteiger partial charge in [-0.1, -0.05) is 38.3 Å². The van der Waals surface area contributed by atoms with Crippen LogP contribution in [0.3, 0.4) is 0 Å². The molecule has 156 valence electrons. The molecule has 29 heavy (non-hydrogen) atoms. The van der Waals surface area contributed by atoms with Crippen molar-refractivity contribution in [2.45, 2.75) is 70.3 Å². The summed E-state index contributed by atoms with van der Waals surface area (Å²) in [7, 11) is 0. The number of nitrogens with one attached hydrogen (secondary N) is 1. The molecule has 3 aliphatic rings. The van der Waals surface area contributed by atoms with E-state index in [1.54, 1.807) is 0 Å². The minimum Gasteiger partial charge on any atom is -0.342 e. The second-order valence-electron chi connectivity index (χ2n) is 9.01. The summed E-state index contributed by atoms with van der Waals surface area (Å²) in [5.74, 6) is 1.21. The van der Waals surface area contributed by atoms with Gasteiger partial charge in [-0.3, -0.25) is 14.4 Å². The summed E-state index contributed by atoms with van der Waals surface area (Å²) in [6.45, 7) is 3.44. The molecule has 1 atom stereocenters. The lowest BCUT2D eigenvalue weighted by atomic mass is 9.81. The highest BCUT2D eigenvalue weighted by Crippen LogP contribution is 2.36. The summed E-state index contributed by atoms with van der Waals surface area (Å²) in [6, 6.07) is 7.33. The van der Waals surface area contributed by atoms with Crippen LogP contribution >= 0.6 is 0 Å². The van der Waals surface area contributed by atoms with Crippen molar-refractivity contribution < 1.29 is 14.4 Å². The summed E-state index contributed by atoms with van der Waals surface area (Å²) in [5, 5.41) is 3.03. The van der Waals surface area contributed by atoms with E-state index >= 15 is 0 Å². The Morgan fingerprint density at radius 3 is 2.24 bits per heavy atom. The molecule has 2 saturated carbocycles. The highest BCUT2D eigenvalue weighted by Gasteiger charge is 2.39. The van der Waals surface area contributed by atoms with Crippen LogP contribution in [-0.4, -0.2) is 41.6 Å². The van der Waals surface area contributed by atoms with Crippen LogP contribution in [0.2, 0.25) is 0 Å². The van der Waals surface area contributed by atoms with Crippen LogP contribution in [0, 0.1) is 11.8 Å². The summed E-state index contributed by atoms with van der Waals surface area (Å²) < 4.78 is 0. The fourth-order valence-corrected chi connectivity index (χ4v) is 4.74. The molecule has 0 bridgehead atoms. The molecule has 1 N–H and O–H groups in total. The molecule has 5 nitrogen and oxygen atoms in total. The zero-order valence-electron chi connectivity index (χ0n) is 17.4. The van der Waals surface area contributed by atoms with E-state index in [2.05, 4.69) is 5.32 Å². The standard InChI is InChI=1S/C24H32N2O3/c1-2-21(27)22(17-6-4-3-5-7-17)25-23(28)18-10-8-16(9-11-18)20-14-26(15-20)24(29)19-12-13-19/h8-11,17,19-20,22H,2-7,12-15H2,1H3,(H,25,28). The average Bonchev–Trinajstić information content (AvgIpc) is 3.56. The summed E-state index contributed by atoms with van der Waals surface area (Å²) in [4.78, 5) is 39.3. The maximum absolute atomic E-state index is 12.8. The number of hydrogen-bond donors (Lipinski definition) is 1. The van der Waals surface area contributed by atoms with E-state index in [9.17, 15) is 14.4 Å². The van der Waals surface area contributed by atoms with Gasteiger partial charge in [0.1, 0.15) is 0 Å². The quantitative estimate of drug-likeness (QED) is 0.764. The molecular formula is C24H32N2O3. The molecular weight excluding hydrogens is 364 g/mol. The Hall–Kier alpha value is -2.17. The molecule has 1 saturated heterocycles. The number of carbonyl (C=O) groups is 3. The topological polar surface area (TPSA) is 66.5 Å². The number of Topliss-reactive ketones (excluding diaryl/α,β-unsaturated/α-hetero) is 1. The van der Waals surface area contributed by atoms with Crippen molar-refractivity contribution in [2.75, 3.05) is 13.1 Å². The van der Waals surface area contributed by atoms with Crippen LogP contribution in [0.4, 0.5) is 0 Å². The van der Waals surface area contributed by atoms with Crippen molar-refractivity contribution in [2.24, 2.45) is 11.8 Å². The number of nitrogens with zero attached hydrogens (tertiary/aromatic N) is 1. The van der Waals surface area contributed by atoms with Crippen LogP contribution in [-0.2, 0) is 9.59 Å². The third-order valence-corrected chi connectivity index (χ3v) is 6.87. The molecule has 0 aromatic heterocycles. The SMILES string of the molecule is CCC(=O)C(NC(=O)c1ccc(C2CN(C(=O)C3CC3)C2)cc1)C1CCCCC1. The number of rotatable bonds is 7. The van der Waals surface area contributed by atoms with Crippen LogP contribution in [0.5, 0.6) is 0 Å². The lowest BCUT2D eigenvalue weighted by Gasteiger charge is -2.39. The molecule has 1 aliphatic heterocycles. The maximum Gasteiger partial charge on any atom is 0.251 e. The van der Waals surface area contributed by atoms with Gasteiger partial charge < -0.3 is 10.2 Å². The molecule has 0 radical (unpaired) electrons. The molecule has 1 aromatic carbocycles. The van der Waals surface area contributed by atoms with Crippen LogP contribution in [0.1, 0.15) is 80.1 Å². The fourth-order valence-electron chi connectivity index (χ4n) is 4.74. The van der Waals surface area contributed by atoms with Crippen molar-refractivity contribution in [1.29, 1.82) is 0 Å². The van der Waals surface area contributed by atoms with Crippen LogP contribution < -0.4 is 5.32 Å². The molecule has 3 fully saturated rings. The van der Waals surface area contributed by atoms with E-state index in [1.807, 2.05) is 36.1 Å². The number of amides is 2. The monoisotopic (exact) mass is 396 g/mol. The Kier molecular flexibility index (Phi) is 6.02. The van der Waals surface area contributed by atoms with E-state index in [0.717, 1.165) is 51.6 Å². The first-order valence-electron chi connectivity index (χ1n) is 11.3. The molecule has 4 rings (SSSR count). The van der Waals surface area contributed by atoms with Crippen LogP contribution in [0.25, 0.3) is 0 Å². The number of carbonyl (C=O) groups excluding carboxylic acids is 3. The third-order valence-electron chi connectivity index (χ3n) is 6.87. The van der Waals surface area contributed by atoms with Crippen molar-refractivity contribution in [3.8, 4) is 0 Å². The second-order valence-corrected chi connectivity index (χ2v) is 9.01. The Morgan fingerprint density at radius 2 is 1.66 bits per heavy atom. The molecule has 0 spiro atoms. The predicted molar refractivity (Wildman–Crippen MR) is 112 cm³/mol. The Bertz CT molecular complexity index is 757. The van der Waals surface area contributed by atoms with Crippen molar-refractivity contribution in [3.05, 3.63) is 35.4 Å². The molecule has 5 heteroatoms. The minimum absolute atomic E-state index is 0.136. The van der Waals surface area contributed by atoms with E-state index in [1.165, 1.54) is 12.0 Å². The smallest absolute Gasteiger partial charge is 0.251 e. The first kappa shape index (κ1) is 20.1. The summed E-state index contributed by atoms with van der Waals surface area (Å²) >= 11 is 0. The van der Waals surface area contributed by atoms with Gasteiger partial charge in [-0.2, -0.15) is 0 Å². The first-order chi connectivity index (χ1) is 14.1.